The average molecular weight is 821 g/mol. The van der Waals surface area contributed by atoms with Crippen LogP contribution in [-0.4, -0.2) is 127 Å². The maximum Gasteiger partial charge on any atom is 0.266 e. The van der Waals surface area contributed by atoms with Gasteiger partial charge in [0.15, 0.2) is 0 Å². The number of nitrogen functional groups attached to an aromatic ring is 1. The van der Waals surface area contributed by atoms with Crippen molar-refractivity contribution in [2.75, 3.05) is 76.9 Å². The third-order valence-corrected chi connectivity index (χ3v) is 10.3. The first-order valence-electron chi connectivity index (χ1n) is 20.0. The molecule has 5 N–H and O–H groups in total. The van der Waals surface area contributed by atoms with E-state index in [4.69, 9.17) is 34.8 Å². The molecule has 0 spiro atoms. The Bertz CT molecular complexity index is 2170. The van der Waals surface area contributed by atoms with Crippen LogP contribution in [-0.2, 0) is 23.8 Å². The van der Waals surface area contributed by atoms with Crippen molar-refractivity contribution < 1.29 is 42.9 Å². The number of hydrogen-bond donors (Lipinski definition) is 4. The Kier molecular flexibility index (Phi) is 14.0. The molecule has 314 valence electrons. The second-order valence-corrected chi connectivity index (χ2v) is 14.4. The fourth-order valence-electron chi connectivity index (χ4n) is 7.33. The summed E-state index contributed by atoms with van der Waals surface area (Å²) < 4.78 is 28.8. The summed E-state index contributed by atoms with van der Waals surface area (Å²) in [6.07, 6.45) is 3.48. The van der Waals surface area contributed by atoms with Crippen LogP contribution >= 0.6 is 0 Å². The second kappa shape index (κ2) is 20.1. The Balaban J connectivity index is 0.764. The number of hydrogen-bond acceptors (Lipinski definition) is 15. The van der Waals surface area contributed by atoms with Crippen LogP contribution in [0.2, 0.25) is 0 Å². The van der Waals surface area contributed by atoms with Crippen molar-refractivity contribution >= 4 is 41.0 Å². The number of aromatic nitrogens is 2. The maximum atomic E-state index is 13.2. The largest absolute Gasteiger partial charge is 0.490 e. The van der Waals surface area contributed by atoms with Crippen molar-refractivity contribution in [3.8, 4) is 17.2 Å². The molecule has 3 aromatic carbocycles. The molecule has 2 unspecified atom stereocenters. The third-order valence-electron chi connectivity index (χ3n) is 10.3. The van der Waals surface area contributed by atoms with E-state index in [1.807, 2.05) is 54.6 Å². The molecule has 0 bridgehead atoms. The lowest BCUT2D eigenvalue weighted by molar-refractivity contribution is -0.136. The SMILES string of the molecule is N=C(c1ccc(Oc2ccccc2)cc1)c1c(N)ncnc1NC1CCCN(CCOCCOCCOCCOc2cccc3c2C(=O)N(C2CCC(=O)NC2=O)C3=O)C1. The summed E-state index contributed by atoms with van der Waals surface area (Å²) in [6, 6.07) is 20.6. The number of nitrogens with zero attached hydrogens (tertiary/aromatic N) is 4. The number of imide groups is 2. The topological polar surface area (TPSA) is 221 Å². The van der Waals surface area contributed by atoms with E-state index in [2.05, 4.69) is 25.5 Å². The van der Waals surface area contributed by atoms with Gasteiger partial charge in [0.1, 0.15) is 47.9 Å². The van der Waals surface area contributed by atoms with Gasteiger partial charge < -0.3 is 34.7 Å². The molecule has 17 heteroatoms. The molecule has 2 atom stereocenters. The first-order valence-corrected chi connectivity index (χ1v) is 20.0. The number of nitrogens with one attached hydrogen (secondary N) is 3. The van der Waals surface area contributed by atoms with Crippen LogP contribution in [0.1, 0.15) is 57.5 Å². The summed E-state index contributed by atoms with van der Waals surface area (Å²) in [4.78, 5) is 62.0. The van der Waals surface area contributed by atoms with E-state index < -0.39 is 29.7 Å². The summed E-state index contributed by atoms with van der Waals surface area (Å²) in [5, 5.41) is 14.7. The Morgan fingerprint density at radius 2 is 1.53 bits per heavy atom. The van der Waals surface area contributed by atoms with Gasteiger partial charge in [-0.15, -0.1) is 0 Å². The van der Waals surface area contributed by atoms with Crippen LogP contribution in [0.3, 0.4) is 0 Å². The first-order chi connectivity index (χ1) is 29.3. The highest BCUT2D eigenvalue weighted by atomic mass is 16.6. The van der Waals surface area contributed by atoms with Crippen LogP contribution in [0.15, 0.2) is 79.1 Å². The minimum absolute atomic E-state index is 0.0461. The lowest BCUT2D eigenvalue weighted by Gasteiger charge is -2.33. The van der Waals surface area contributed by atoms with Gasteiger partial charge in [0.25, 0.3) is 11.8 Å². The lowest BCUT2D eigenvalue weighted by atomic mass is 10.0. The van der Waals surface area contributed by atoms with E-state index in [1.54, 1.807) is 12.1 Å². The zero-order valence-electron chi connectivity index (χ0n) is 33.1. The molecular formula is C43H48N8O9. The molecule has 0 saturated carbocycles. The first kappa shape index (κ1) is 41.9. The van der Waals surface area contributed by atoms with Gasteiger partial charge >= 0.3 is 0 Å². The monoisotopic (exact) mass is 820 g/mol. The number of benzene rings is 3. The molecule has 17 nitrogen and oxygen atoms in total. The van der Waals surface area contributed by atoms with E-state index in [0.29, 0.717) is 55.7 Å². The quantitative estimate of drug-likeness (QED) is 0.0568. The highest BCUT2D eigenvalue weighted by Gasteiger charge is 2.46. The number of piperidine rings is 2. The van der Waals surface area contributed by atoms with Gasteiger partial charge in [-0.05, 0) is 74.3 Å². The molecule has 2 fully saturated rings. The molecule has 3 aliphatic heterocycles. The molecule has 60 heavy (non-hydrogen) atoms. The second-order valence-electron chi connectivity index (χ2n) is 14.4. The smallest absolute Gasteiger partial charge is 0.266 e. The van der Waals surface area contributed by atoms with Gasteiger partial charge in [0.2, 0.25) is 11.8 Å². The van der Waals surface area contributed by atoms with Gasteiger partial charge in [0, 0.05) is 31.1 Å². The fraction of sp³-hybridized carbons (Fsp3) is 0.372. The van der Waals surface area contributed by atoms with E-state index >= 15 is 0 Å². The van der Waals surface area contributed by atoms with Gasteiger partial charge in [-0.1, -0.05) is 24.3 Å². The Labute approximate surface area is 347 Å². The standard InChI is InChI=1S/C43H48N8O9/c44-38(28-11-13-31(14-12-28)60-30-7-2-1-3-8-30)37-39(45)46-27-47-40(37)48-29-6-5-17-50(26-29)18-19-56-20-21-57-22-23-58-24-25-59-34-10-4-9-32-36(34)43(55)51(42(32)54)33-15-16-35(52)49-41(33)53/h1-4,7-14,27,29,33,44H,5-6,15-26H2,(H,49,52,53)(H3,45,46,47,48). The highest BCUT2D eigenvalue weighted by Crippen LogP contribution is 2.34. The summed E-state index contributed by atoms with van der Waals surface area (Å²) in [6.45, 7) is 4.93. The lowest BCUT2D eigenvalue weighted by Crippen LogP contribution is -2.54. The van der Waals surface area contributed by atoms with Gasteiger partial charge in [0.05, 0.1) is 62.0 Å². The zero-order valence-corrected chi connectivity index (χ0v) is 33.1. The highest BCUT2D eigenvalue weighted by molar-refractivity contribution is 6.24. The molecule has 0 radical (unpaired) electrons. The van der Waals surface area contributed by atoms with Crippen molar-refractivity contribution in [3.63, 3.8) is 0 Å². The van der Waals surface area contributed by atoms with Gasteiger partial charge in [-0.2, -0.15) is 0 Å². The van der Waals surface area contributed by atoms with Crippen LogP contribution in [0.5, 0.6) is 17.2 Å². The molecule has 4 heterocycles. The number of amides is 4. The van der Waals surface area contributed by atoms with Crippen LogP contribution in [0.4, 0.5) is 11.6 Å². The number of carbonyl (C=O) groups is 4. The van der Waals surface area contributed by atoms with E-state index in [9.17, 15) is 19.2 Å². The summed E-state index contributed by atoms with van der Waals surface area (Å²) in [5.74, 6) is 0.0759. The number of carbonyl (C=O) groups excluding carboxylic acids is 4. The average Bonchev–Trinajstić information content (AvgIpc) is 3.50. The van der Waals surface area contributed by atoms with Crippen LogP contribution < -0.4 is 25.8 Å². The number of anilines is 2. The fourth-order valence-corrected chi connectivity index (χ4v) is 7.33. The van der Waals surface area contributed by atoms with Crippen LogP contribution in [0.25, 0.3) is 0 Å². The maximum absolute atomic E-state index is 13.2. The van der Waals surface area contributed by atoms with Crippen LogP contribution in [0, 0.1) is 5.41 Å². The number of rotatable bonds is 20. The normalized spacial score (nSPS) is 18.0. The third kappa shape index (κ3) is 10.3. The van der Waals surface area contributed by atoms with Crippen molar-refractivity contribution in [2.45, 2.75) is 37.8 Å². The summed E-state index contributed by atoms with van der Waals surface area (Å²) in [7, 11) is 0. The number of fused-ring (bicyclic) bond motifs is 1. The molecule has 2 saturated heterocycles. The molecule has 7 rings (SSSR count). The summed E-state index contributed by atoms with van der Waals surface area (Å²) in [5.41, 5.74) is 7.90. The molecule has 4 aromatic rings. The van der Waals surface area contributed by atoms with Crippen molar-refractivity contribution in [1.29, 1.82) is 5.41 Å². The van der Waals surface area contributed by atoms with E-state index in [-0.39, 0.29) is 60.5 Å². The molecule has 0 aliphatic carbocycles. The van der Waals surface area contributed by atoms with Gasteiger partial charge in [-0.3, -0.25) is 39.7 Å². The molecule has 1 aromatic heterocycles. The van der Waals surface area contributed by atoms with Crippen molar-refractivity contribution in [2.24, 2.45) is 0 Å². The van der Waals surface area contributed by atoms with E-state index in [0.717, 1.165) is 43.1 Å². The van der Waals surface area contributed by atoms with Crippen molar-refractivity contribution in [1.82, 2.24) is 25.1 Å². The van der Waals surface area contributed by atoms with Gasteiger partial charge in [-0.25, -0.2) is 9.97 Å². The molecule has 4 amide bonds. The predicted molar refractivity (Wildman–Crippen MR) is 219 cm³/mol. The Morgan fingerprint density at radius 3 is 2.28 bits per heavy atom. The van der Waals surface area contributed by atoms with Crippen molar-refractivity contribution in [3.05, 3.63) is 101 Å². The number of ether oxygens (including phenoxy) is 5. The number of para-hydroxylation sites is 1. The number of nitrogens with two attached hydrogens (primary N) is 1. The predicted octanol–water partition coefficient (Wildman–Crippen LogP) is 3.67. The minimum atomic E-state index is -1.05. The number of likely N-dealkylation sites (tertiary alicyclic amines) is 1. The minimum Gasteiger partial charge on any atom is -0.490 e. The van der Waals surface area contributed by atoms with E-state index in [1.165, 1.54) is 12.4 Å². The molecule has 3 aliphatic rings. The Morgan fingerprint density at radius 1 is 0.817 bits per heavy atom. The molecular weight excluding hydrogens is 773 g/mol. The summed E-state index contributed by atoms with van der Waals surface area (Å²) >= 11 is 0. The zero-order chi connectivity index (χ0) is 41.8. The Hall–Kier alpha value is -6.27.